The second kappa shape index (κ2) is 36.2. The Hall–Kier alpha value is -7.54. The Bertz CT molecular complexity index is 2750. The third kappa shape index (κ3) is 19.8. The minimum absolute atomic E-state index is 0.0159. The van der Waals surface area contributed by atoms with Crippen LogP contribution in [0.5, 0.6) is 23.0 Å². The molecular weight excluding hydrogens is 1090 g/mol. The molecule has 2 heterocycles. The van der Waals surface area contributed by atoms with Crippen LogP contribution in [-0.2, 0) is 26.2 Å². The number of hydrogen-bond donors (Lipinski definition) is 12. The van der Waals surface area contributed by atoms with Crippen molar-refractivity contribution in [3.63, 3.8) is 0 Å². The van der Waals surface area contributed by atoms with E-state index in [-0.39, 0.29) is 199 Å². The molecule has 2 aromatic heterocycles. The zero-order valence-corrected chi connectivity index (χ0v) is 47.1. The van der Waals surface area contributed by atoms with Gasteiger partial charge in [0.2, 0.25) is 35.7 Å². The summed E-state index contributed by atoms with van der Waals surface area (Å²) in [6.07, 6.45) is 0.337. The fourth-order valence-electron chi connectivity index (χ4n) is 8.85. The van der Waals surface area contributed by atoms with Crippen LogP contribution in [0.1, 0.15) is 40.3 Å². The van der Waals surface area contributed by atoms with E-state index in [2.05, 4.69) is 5.32 Å². The lowest BCUT2D eigenvalue weighted by molar-refractivity contribution is 0.198. The van der Waals surface area contributed by atoms with Crippen molar-refractivity contribution in [2.75, 3.05) is 168 Å². The standard InChI is InChI=1S/C57H80N12O15/c70-22-5-16-65(17-23-71)55-62-56(66(18-24-72)19-25-73)64-57(63-55)69(37-42-10-13-46(14-11-42)81-32-28-76)38-43-12-15-47(51(36-43)84-35-31-79)48(41-80)58-52-59-53(67(20-26-74)39-44-6-1-3-8-49(44)82-33-29-77)61-54(60-52)68(21-27-75)40-45-7-2-4-9-50(45)83-34-30-78/h1-4,6-15,36,48,70-80H,5,16-35,37-41H2,(H,58,59,60,61). The van der Waals surface area contributed by atoms with Gasteiger partial charge >= 0.3 is 0 Å². The number of nitrogens with zero attached hydrogens (tertiary/aromatic N) is 11. The highest BCUT2D eigenvalue weighted by atomic mass is 16.5. The second-order valence-electron chi connectivity index (χ2n) is 18.8. The number of aliphatic hydroxyl groups is 11. The minimum Gasteiger partial charge on any atom is -0.491 e. The quantitative estimate of drug-likeness (QED) is 0.0237. The number of hydrogen-bond acceptors (Lipinski definition) is 27. The summed E-state index contributed by atoms with van der Waals surface area (Å²) in [6.45, 7) is -1.80. The third-order valence-corrected chi connectivity index (χ3v) is 12.7. The zero-order valence-electron chi connectivity index (χ0n) is 47.1. The molecule has 0 saturated carbocycles. The maximum absolute atomic E-state index is 11.3. The molecule has 0 aliphatic rings. The highest BCUT2D eigenvalue weighted by molar-refractivity contribution is 5.52. The third-order valence-electron chi connectivity index (χ3n) is 12.7. The summed E-state index contributed by atoms with van der Waals surface area (Å²) in [6, 6.07) is 26.0. The predicted molar refractivity (Wildman–Crippen MR) is 313 cm³/mol. The normalized spacial score (nSPS) is 11.5. The van der Waals surface area contributed by atoms with Crippen LogP contribution in [0.25, 0.3) is 0 Å². The molecule has 0 aliphatic heterocycles. The maximum atomic E-state index is 11.3. The fourth-order valence-corrected chi connectivity index (χ4v) is 8.85. The van der Waals surface area contributed by atoms with Crippen molar-refractivity contribution < 1.29 is 75.1 Å². The highest BCUT2D eigenvalue weighted by Gasteiger charge is 2.26. The van der Waals surface area contributed by atoms with E-state index in [4.69, 9.17) is 48.9 Å². The van der Waals surface area contributed by atoms with Crippen molar-refractivity contribution in [2.24, 2.45) is 0 Å². The van der Waals surface area contributed by atoms with Crippen molar-refractivity contribution in [1.82, 2.24) is 29.9 Å². The zero-order chi connectivity index (χ0) is 59.9. The molecule has 0 saturated heterocycles. The maximum Gasteiger partial charge on any atom is 0.232 e. The van der Waals surface area contributed by atoms with Crippen molar-refractivity contribution in [1.29, 1.82) is 0 Å². The Morgan fingerprint density at radius 1 is 0.369 bits per heavy atom. The van der Waals surface area contributed by atoms with Gasteiger partial charge in [0.25, 0.3) is 0 Å². The molecule has 12 N–H and O–H groups in total. The molecule has 0 aliphatic carbocycles. The van der Waals surface area contributed by atoms with E-state index < -0.39 is 12.6 Å². The molecule has 1 unspecified atom stereocenters. The lowest BCUT2D eigenvalue weighted by atomic mass is 10.0. The first kappa shape index (κ1) is 65.6. The number of rotatable bonds is 42. The summed E-state index contributed by atoms with van der Waals surface area (Å²) in [7, 11) is 0. The lowest BCUT2D eigenvalue weighted by Gasteiger charge is -2.29. The first-order chi connectivity index (χ1) is 41.1. The lowest BCUT2D eigenvalue weighted by Crippen LogP contribution is -2.35. The average molecular weight is 1170 g/mol. The van der Waals surface area contributed by atoms with Crippen molar-refractivity contribution in [3.05, 3.63) is 119 Å². The Kier molecular flexibility index (Phi) is 28.3. The molecule has 84 heavy (non-hydrogen) atoms. The van der Waals surface area contributed by atoms with E-state index in [0.717, 1.165) is 5.56 Å². The Labute approximate surface area is 487 Å². The molecule has 0 spiro atoms. The predicted octanol–water partition coefficient (Wildman–Crippen LogP) is -0.137. The first-order valence-electron chi connectivity index (χ1n) is 27.8. The van der Waals surface area contributed by atoms with Crippen molar-refractivity contribution >= 4 is 35.7 Å². The van der Waals surface area contributed by atoms with E-state index in [0.29, 0.717) is 45.9 Å². The smallest absolute Gasteiger partial charge is 0.232 e. The molecule has 27 nitrogen and oxygen atoms in total. The molecule has 458 valence electrons. The van der Waals surface area contributed by atoms with Crippen LogP contribution in [0.15, 0.2) is 91.0 Å². The topological polar surface area (TPSA) is 365 Å². The Balaban J connectivity index is 1.46. The first-order valence-corrected chi connectivity index (χ1v) is 27.8. The van der Waals surface area contributed by atoms with Gasteiger partial charge in [0.1, 0.15) is 49.4 Å². The minimum atomic E-state index is -0.981. The van der Waals surface area contributed by atoms with Gasteiger partial charge in [-0.25, -0.2) is 0 Å². The number of ether oxygens (including phenoxy) is 4. The number of nitrogens with one attached hydrogen (secondary N) is 1. The van der Waals surface area contributed by atoms with E-state index in [9.17, 15) is 56.2 Å². The van der Waals surface area contributed by atoms with Crippen molar-refractivity contribution in [2.45, 2.75) is 38.6 Å². The van der Waals surface area contributed by atoms with Gasteiger partial charge in [-0.15, -0.1) is 0 Å². The SMILES string of the molecule is OCCCN(CCO)c1nc(N(CCO)CCO)nc(N(Cc2ccc(OCCO)cc2)Cc2ccc(C(CO)Nc3nc(N(CCO)Cc4ccccc4OCCO)nc(N(CCO)Cc4ccccc4OCCO)n3)c(OCCO)c2)n1. The fraction of sp³-hybridized carbons (Fsp3) is 0.474. The van der Waals surface area contributed by atoms with Crippen LogP contribution in [0.3, 0.4) is 0 Å². The van der Waals surface area contributed by atoms with E-state index in [1.54, 1.807) is 68.1 Å². The molecule has 4 aromatic carbocycles. The second-order valence-corrected chi connectivity index (χ2v) is 18.8. The summed E-state index contributed by atoms with van der Waals surface area (Å²) in [5, 5.41) is 114. The summed E-state index contributed by atoms with van der Waals surface area (Å²) in [5.74, 6) is 2.47. The molecule has 0 fully saturated rings. The van der Waals surface area contributed by atoms with Gasteiger partial charge in [0.15, 0.2) is 0 Å². The van der Waals surface area contributed by atoms with Gasteiger partial charge < -0.3 is 105 Å². The number of benzene rings is 4. The monoisotopic (exact) mass is 1170 g/mol. The molecule has 0 bridgehead atoms. The van der Waals surface area contributed by atoms with Crippen LogP contribution in [0.2, 0.25) is 0 Å². The molecule has 0 radical (unpaired) electrons. The summed E-state index contributed by atoms with van der Waals surface area (Å²) in [4.78, 5) is 37.7. The van der Waals surface area contributed by atoms with Crippen LogP contribution < -0.4 is 48.8 Å². The number of anilines is 6. The molecule has 1 atom stereocenters. The van der Waals surface area contributed by atoms with Gasteiger partial charge in [-0.2, -0.15) is 29.9 Å². The van der Waals surface area contributed by atoms with Gasteiger partial charge in [-0.05, 0) is 47.9 Å². The van der Waals surface area contributed by atoms with E-state index >= 15 is 0 Å². The molecule has 6 aromatic rings. The highest BCUT2D eigenvalue weighted by Crippen LogP contribution is 2.33. The number of aliphatic hydroxyl groups excluding tert-OH is 11. The van der Waals surface area contributed by atoms with Crippen LogP contribution in [0, 0.1) is 0 Å². The van der Waals surface area contributed by atoms with Crippen LogP contribution in [0.4, 0.5) is 35.7 Å². The van der Waals surface area contributed by atoms with Gasteiger partial charge in [0.05, 0.1) is 72.1 Å². The van der Waals surface area contributed by atoms with Gasteiger partial charge in [-0.1, -0.05) is 60.7 Å². The number of para-hydroxylation sites is 2. The average Bonchev–Trinajstić information content (AvgIpc) is 3.64. The summed E-state index contributed by atoms with van der Waals surface area (Å²) in [5.41, 5.74) is 3.28. The van der Waals surface area contributed by atoms with Gasteiger partial charge in [-0.3, -0.25) is 0 Å². The molecule has 6 rings (SSSR count). The molecular formula is C57H80N12O15. The summed E-state index contributed by atoms with van der Waals surface area (Å²) >= 11 is 0. The van der Waals surface area contributed by atoms with Crippen LogP contribution in [-0.4, -0.2) is 224 Å². The molecule has 27 heteroatoms. The Morgan fingerprint density at radius 3 is 1.26 bits per heavy atom. The van der Waals surface area contributed by atoms with E-state index in [1.165, 1.54) is 0 Å². The van der Waals surface area contributed by atoms with Gasteiger partial charge in [0, 0.05) is 88.7 Å². The number of aromatic nitrogens is 6. The molecule has 0 amide bonds. The van der Waals surface area contributed by atoms with Crippen LogP contribution >= 0.6 is 0 Å². The largest absolute Gasteiger partial charge is 0.491 e. The Morgan fingerprint density at radius 2 is 0.786 bits per heavy atom. The van der Waals surface area contributed by atoms with Crippen molar-refractivity contribution in [3.8, 4) is 23.0 Å². The van der Waals surface area contributed by atoms with E-state index in [1.807, 2.05) is 47.4 Å². The summed E-state index contributed by atoms with van der Waals surface area (Å²) < 4.78 is 23.6.